The van der Waals surface area contributed by atoms with Crippen molar-refractivity contribution in [3.05, 3.63) is 71.3 Å². The molecule has 0 radical (unpaired) electrons. The van der Waals surface area contributed by atoms with Gasteiger partial charge in [0.15, 0.2) is 0 Å². The van der Waals surface area contributed by atoms with Gasteiger partial charge in [0, 0.05) is 36.2 Å². The van der Waals surface area contributed by atoms with Crippen molar-refractivity contribution < 1.29 is 9.59 Å². The number of amides is 2. The van der Waals surface area contributed by atoms with Crippen molar-refractivity contribution in [2.45, 2.75) is 31.6 Å². The number of likely N-dealkylation sites (tertiary alicyclic amines) is 1. The molecule has 140 valence electrons. The molecule has 2 fully saturated rings. The second kappa shape index (κ2) is 7.18. The van der Waals surface area contributed by atoms with Crippen LogP contribution in [0.5, 0.6) is 0 Å². The second-order valence-corrected chi connectivity index (χ2v) is 8.14. The summed E-state index contributed by atoms with van der Waals surface area (Å²) in [6.45, 7) is 4.40. The molecule has 1 saturated heterocycles. The first-order valence-electron chi connectivity index (χ1n) is 9.78. The zero-order valence-electron chi connectivity index (χ0n) is 15.8. The normalized spacial score (nSPS) is 21.9. The van der Waals surface area contributed by atoms with Crippen LogP contribution in [0.4, 0.5) is 0 Å². The summed E-state index contributed by atoms with van der Waals surface area (Å²) < 4.78 is 0. The van der Waals surface area contributed by atoms with Crippen LogP contribution in [0, 0.1) is 5.92 Å². The monoisotopic (exact) mass is 362 g/mol. The Morgan fingerprint density at radius 3 is 2.56 bits per heavy atom. The molecule has 1 N–H and O–H groups in total. The van der Waals surface area contributed by atoms with Crippen LogP contribution in [0.2, 0.25) is 0 Å². The molecule has 2 aliphatic rings. The number of hydrogen-bond donors (Lipinski definition) is 1. The number of carbonyl (C=O) groups is 2. The maximum atomic E-state index is 13.0. The first-order valence-corrected chi connectivity index (χ1v) is 9.78. The number of rotatable bonds is 5. The van der Waals surface area contributed by atoms with Gasteiger partial charge in [0.2, 0.25) is 0 Å². The Labute approximate surface area is 160 Å². The van der Waals surface area contributed by atoms with E-state index in [2.05, 4.69) is 36.5 Å². The minimum atomic E-state index is -0.0907. The molecular formula is C23H26N2O2. The van der Waals surface area contributed by atoms with Crippen LogP contribution in [0.25, 0.3) is 0 Å². The van der Waals surface area contributed by atoms with Crippen molar-refractivity contribution in [2.24, 2.45) is 5.92 Å². The van der Waals surface area contributed by atoms with E-state index in [0.717, 1.165) is 19.5 Å². The number of hydrogen-bond acceptors (Lipinski definition) is 2. The lowest BCUT2D eigenvalue weighted by Crippen LogP contribution is -2.33. The van der Waals surface area contributed by atoms with Crippen LogP contribution in [0.15, 0.2) is 54.6 Å². The molecule has 2 aromatic carbocycles. The summed E-state index contributed by atoms with van der Waals surface area (Å²) in [6, 6.07) is 17.5. The fourth-order valence-electron chi connectivity index (χ4n) is 3.85. The maximum absolute atomic E-state index is 13.0. The fraction of sp³-hybridized carbons (Fsp3) is 0.391. The molecule has 1 atom stereocenters. The summed E-state index contributed by atoms with van der Waals surface area (Å²) in [5, 5.41) is 2.97. The number of nitrogens with zero attached hydrogens (tertiary/aromatic N) is 1. The lowest BCUT2D eigenvalue weighted by Gasteiger charge is -2.25. The number of nitrogens with one attached hydrogen (secondary N) is 1. The van der Waals surface area contributed by atoms with E-state index in [1.807, 2.05) is 11.0 Å². The highest BCUT2D eigenvalue weighted by Gasteiger charge is 2.37. The van der Waals surface area contributed by atoms with Crippen molar-refractivity contribution in [3.63, 3.8) is 0 Å². The third-order valence-corrected chi connectivity index (χ3v) is 5.85. The Morgan fingerprint density at radius 2 is 1.81 bits per heavy atom. The zero-order chi connectivity index (χ0) is 18.9. The number of carbonyl (C=O) groups excluding carboxylic acids is 2. The average molecular weight is 362 g/mol. The first kappa shape index (κ1) is 17.8. The minimum Gasteiger partial charge on any atom is -0.352 e. The predicted molar refractivity (Wildman–Crippen MR) is 106 cm³/mol. The smallest absolute Gasteiger partial charge is 0.253 e. The van der Waals surface area contributed by atoms with E-state index in [1.165, 1.54) is 18.4 Å². The predicted octanol–water partition coefficient (Wildman–Crippen LogP) is 3.63. The van der Waals surface area contributed by atoms with Crippen molar-refractivity contribution >= 4 is 11.8 Å². The summed E-state index contributed by atoms with van der Waals surface area (Å²) >= 11 is 0. The lowest BCUT2D eigenvalue weighted by molar-refractivity contribution is 0.0784. The molecule has 2 amide bonds. The van der Waals surface area contributed by atoms with Gasteiger partial charge in [0.25, 0.3) is 11.8 Å². The van der Waals surface area contributed by atoms with Gasteiger partial charge in [-0.3, -0.25) is 9.59 Å². The van der Waals surface area contributed by atoms with E-state index < -0.39 is 0 Å². The van der Waals surface area contributed by atoms with Gasteiger partial charge < -0.3 is 10.2 Å². The molecule has 1 saturated carbocycles. The van der Waals surface area contributed by atoms with Crippen LogP contribution in [-0.4, -0.2) is 36.3 Å². The SMILES string of the molecule is CC1(c2ccccc2)CCN(C(=O)c2cccc(C(=O)NCC3CC3)c2)C1. The van der Waals surface area contributed by atoms with Gasteiger partial charge in [0.05, 0.1) is 0 Å². The third kappa shape index (κ3) is 3.90. The number of benzene rings is 2. The van der Waals surface area contributed by atoms with Crippen LogP contribution < -0.4 is 5.32 Å². The summed E-state index contributed by atoms with van der Waals surface area (Å²) in [5.74, 6) is 0.553. The van der Waals surface area contributed by atoms with E-state index in [-0.39, 0.29) is 17.2 Å². The standard InChI is InChI=1S/C23H26N2O2/c1-23(20-8-3-2-4-9-20)12-13-25(16-23)22(27)19-7-5-6-18(14-19)21(26)24-15-17-10-11-17/h2-9,14,17H,10-13,15-16H2,1H3,(H,24,26). The van der Waals surface area contributed by atoms with Gasteiger partial charge in [-0.25, -0.2) is 0 Å². The van der Waals surface area contributed by atoms with Crippen LogP contribution in [0.3, 0.4) is 0 Å². The Hall–Kier alpha value is -2.62. The van der Waals surface area contributed by atoms with E-state index in [9.17, 15) is 9.59 Å². The highest BCUT2D eigenvalue weighted by atomic mass is 16.2. The molecule has 1 heterocycles. The molecule has 4 nitrogen and oxygen atoms in total. The van der Waals surface area contributed by atoms with Gasteiger partial charge in [-0.1, -0.05) is 43.3 Å². The topological polar surface area (TPSA) is 49.4 Å². The van der Waals surface area contributed by atoms with Gasteiger partial charge in [-0.2, -0.15) is 0 Å². The van der Waals surface area contributed by atoms with Crippen molar-refractivity contribution in [2.75, 3.05) is 19.6 Å². The average Bonchev–Trinajstić information content (AvgIpc) is 3.46. The molecule has 1 aliphatic carbocycles. The quantitative estimate of drug-likeness (QED) is 0.883. The molecule has 2 aromatic rings. The Bertz CT molecular complexity index is 844. The zero-order valence-corrected chi connectivity index (χ0v) is 15.8. The van der Waals surface area contributed by atoms with Gasteiger partial charge >= 0.3 is 0 Å². The molecular weight excluding hydrogens is 336 g/mol. The summed E-state index contributed by atoms with van der Waals surface area (Å²) in [7, 11) is 0. The molecule has 4 heteroatoms. The van der Waals surface area contributed by atoms with E-state index in [1.54, 1.807) is 24.3 Å². The van der Waals surface area contributed by atoms with Crippen LogP contribution in [0.1, 0.15) is 52.5 Å². The van der Waals surface area contributed by atoms with Gasteiger partial charge in [0.1, 0.15) is 0 Å². The highest BCUT2D eigenvalue weighted by molar-refractivity contribution is 5.99. The first-order chi connectivity index (χ1) is 13.0. The van der Waals surface area contributed by atoms with E-state index in [4.69, 9.17) is 0 Å². The molecule has 27 heavy (non-hydrogen) atoms. The Kier molecular flexibility index (Phi) is 4.73. The Morgan fingerprint density at radius 1 is 1.07 bits per heavy atom. The molecule has 0 aromatic heterocycles. The highest BCUT2D eigenvalue weighted by Crippen LogP contribution is 2.34. The van der Waals surface area contributed by atoms with E-state index in [0.29, 0.717) is 23.6 Å². The molecule has 4 rings (SSSR count). The molecule has 0 bridgehead atoms. The molecule has 1 unspecified atom stereocenters. The third-order valence-electron chi connectivity index (χ3n) is 5.85. The van der Waals surface area contributed by atoms with Gasteiger partial charge in [-0.15, -0.1) is 0 Å². The molecule has 0 spiro atoms. The van der Waals surface area contributed by atoms with E-state index >= 15 is 0 Å². The summed E-state index contributed by atoms with van der Waals surface area (Å²) in [4.78, 5) is 27.2. The largest absolute Gasteiger partial charge is 0.352 e. The second-order valence-electron chi connectivity index (χ2n) is 8.14. The Balaban J connectivity index is 1.45. The minimum absolute atomic E-state index is 0.00602. The summed E-state index contributed by atoms with van der Waals surface area (Å²) in [6.07, 6.45) is 3.35. The van der Waals surface area contributed by atoms with Crippen molar-refractivity contribution in [3.8, 4) is 0 Å². The van der Waals surface area contributed by atoms with Crippen LogP contribution >= 0.6 is 0 Å². The maximum Gasteiger partial charge on any atom is 0.253 e. The van der Waals surface area contributed by atoms with Crippen molar-refractivity contribution in [1.82, 2.24) is 10.2 Å². The fourth-order valence-corrected chi connectivity index (χ4v) is 3.85. The lowest BCUT2D eigenvalue weighted by atomic mass is 9.82. The van der Waals surface area contributed by atoms with Crippen LogP contribution in [-0.2, 0) is 5.41 Å². The van der Waals surface area contributed by atoms with Gasteiger partial charge in [-0.05, 0) is 48.9 Å². The molecule has 1 aliphatic heterocycles. The summed E-state index contributed by atoms with van der Waals surface area (Å²) in [5.41, 5.74) is 2.40. The van der Waals surface area contributed by atoms with Crippen molar-refractivity contribution in [1.29, 1.82) is 0 Å².